The zero-order valence-corrected chi connectivity index (χ0v) is 11.9. The average Bonchev–Trinajstić information content (AvgIpc) is 2.51. The molecule has 2 aromatic carbocycles. The molecule has 0 atom stereocenters. The van der Waals surface area contributed by atoms with E-state index in [1.807, 2.05) is 0 Å². The monoisotopic (exact) mass is 308 g/mol. The number of anilines is 2. The third kappa shape index (κ3) is 3.43. The Hall–Kier alpha value is -2.83. The maximum Gasteiger partial charge on any atom is 0.323 e. The molecule has 116 valence electrons. The first kappa shape index (κ1) is 15.6. The van der Waals surface area contributed by atoms with E-state index in [1.54, 1.807) is 12.1 Å². The Morgan fingerprint density at radius 1 is 1.00 bits per heavy atom. The maximum absolute atomic E-state index is 13.5. The Bertz CT molecular complexity index is 672. The average molecular weight is 308 g/mol. The largest absolute Gasteiger partial charge is 0.497 e. The minimum Gasteiger partial charge on any atom is -0.497 e. The lowest BCUT2D eigenvalue weighted by atomic mass is 10.2. The Morgan fingerprint density at radius 3 is 2.27 bits per heavy atom. The summed E-state index contributed by atoms with van der Waals surface area (Å²) in [6, 6.07) is 7.26. The van der Waals surface area contributed by atoms with E-state index in [0.29, 0.717) is 17.2 Å². The molecule has 0 heterocycles. The van der Waals surface area contributed by atoms with E-state index in [2.05, 4.69) is 10.6 Å². The topological polar surface area (TPSA) is 59.6 Å². The lowest BCUT2D eigenvalue weighted by Crippen LogP contribution is -2.21. The fraction of sp³-hybridized carbons (Fsp3) is 0.133. The first-order valence-corrected chi connectivity index (χ1v) is 6.29. The van der Waals surface area contributed by atoms with Gasteiger partial charge in [-0.05, 0) is 24.3 Å². The van der Waals surface area contributed by atoms with E-state index in [-0.39, 0.29) is 0 Å². The Morgan fingerprint density at radius 2 is 1.68 bits per heavy atom. The van der Waals surface area contributed by atoms with Crippen LogP contribution in [-0.4, -0.2) is 20.3 Å². The van der Waals surface area contributed by atoms with Crippen molar-refractivity contribution in [3.63, 3.8) is 0 Å². The number of hydrogen-bond donors (Lipinski definition) is 2. The normalized spacial score (nSPS) is 10.0. The number of amides is 2. The number of para-hydroxylation sites is 1. The van der Waals surface area contributed by atoms with Gasteiger partial charge in [0.15, 0.2) is 0 Å². The van der Waals surface area contributed by atoms with Gasteiger partial charge in [-0.1, -0.05) is 6.07 Å². The molecule has 0 saturated carbocycles. The zero-order chi connectivity index (χ0) is 16.1. The van der Waals surface area contributed by atoms with E-state index in [9.17, 15) is 13.6 Å². The van der Waals surface area contributed by atoms with Gasteiger partial charge in [-0.25, -0.2) is 13.6 Å². The molecule has 2 N–H and O–H groups in total. The van der Waals surface area contributed by atoms with Crippen LogP contribution >= 0.6 is 0 Å². The van der Waals surface area contributed by atoms with Crippen molar-refractivity contribution in [2.45, 2.75) is 0 Å². The third-order valence-electron chi connectivity index (χ3n) is 2.86. The summed E-state index contributed by atoms with van der Waals surface area (Å²) in [5, 5.41) is 4.57. The van der Waals surface area contributed by atoms with Gasteiger partial charge in [0.25, 0.3) is 0 Å². The predicted molar refractivity (Wildman–Crippen MR) is 78.5 cm³/mol. The van der Waals surface area contributed by atoms with Crippen LogP contribution in [-0.2, 0) is 0 Å². The van der Waals surface area contributed by atoms with Crippen LogP contribution in [0.1, 0.15) is 0 Å². The number of carbonyl (C=O) groups excluding carboxylic acids is 1. The molecule has 0 aliphatic carbocycles. The quantitative estimate of drug-likeness (QED) is 0.907. The second-order valence-corrected chi connectivity index (χ2v) is 4.24. The standard InChI is InChI=1S/C15H14F2N2O3/c1-21-9-6-7-13(22-2)12(8-9)18-15(20)19-14-10(16)4-3-5-11(14)17/h3-8H,1-2H3,(H2,18,19,20). The van der Waals surface area contributed by atoms with Crippen LogP contribution in [0.2, 0.25) is 0 Å². The molecule has 2 amide bonds. The molecule has 0 radical (unpaired) electrons. The summed E-state index contributed by atoms with van der Waals surface area (Å²) in [4.78, 5) is 11.9. The van der Waals surface area contributed by atoms with Crippen LogP contribution in [0.25, 0.3) is 0 Å². The molecule has 2 aromatic rings. The third-order valence-corrected chi connectivity index (χ3v) is 2.86. The summed E-state index contributed by atoms with van der Waals surface area (Å²) >= 11 is 0. The van der Waals surface area contributed by atoms with Crippen LogP contribution < -0.4 is 20.1 Å². The Kier molecular flexibility index (Phi) is 4.77. The van der Waals surface area contributed by atoms with E-state index >= 15 is 0 Å². The highest BCUT2D eigenvalue weighted by atomic mass is 19.1. The molecule has 0 unspecified atom stereocenters. The van der Waals surface area contributed by atoms with Crippen LogP contribution in [0.3, 0.4) is 0 Å². The lowest BCUT2D eigenvalue weighted by Gasteiger charge is -2.13. The molecule has 0 aromatic heterocycles. The number of carbonyl (C=O) groups is 1. The number of urea groups is 1. The van der Waals surface area contributed by atoms with Gasteiger partial charge < -0.3 is 20.1 Å². The van der Waals surface area contributed by atoms with Crippen molar-refractivity contribution in [3.8, 4) is 11.5 Å². The van der Waals surface area contributed by atoms with E-state index in [0.717, 1.165) is 12.1 Å². The summed E-state index contributed by atoms with van der Waals surface area (Å²) < 4.78 is 37.1. The molecule has 0 bridgehead atoms. The zero-order valence-electron chi connectivity index (χ0n) is 11.9. The number of rotatable bonds is 4. The molecule has 0 aliphatic rings. The van der Waals surface area contributed by atoms with Crippen molar-refractivity contribution in [3.05, 3.63) is 48.0 Å². The SMILES string of the molecule is COc1ccc(OC)c(NC(=O)Nc2c(F)cccc2F)c1. The van der Waals surface area contributed by atoms with Gasteiger partial charge in [-0.2, -0.15) is 0 Å². The number of methoxy groups -OCH3 is 2. The van der Waals surface area contributed by atoms with Crippen molar-refractivity contribution in [1.82, 2.24) is 0 Å². The van der Waals surface area contributed by atoms with Gasteiger partial charge in [0, 0.05) is 6.07 Å². The van der Waals surface area contributed by atoms with Crippen molar-refractivity contribution >= 4 is 17.4 Å². The van der Waals surface area contributed by atoms with E-state index < -0.39 is 23.4 Å². The number of hydrogen-bond acceptors (Lipinski definition) is 3. The fourth-order valence-corrected chi connectivity index (χ4v) is 1.80. The summed E-state index contributed by atoms with van der Waals surface area (Å²) in [6.45, 7) is 0. The van der Waals surface area contributed by atoms with Crippen LogP contribution in [0.5, 0.6) is 11.5 Å². The summed E-state index contributed by atoms with van der Waals surface area (Å²) in [5.41, 5.74) is -0.224. The van der Waals surface area contributed by atoms with E-state index in [1.165, 1.54) is 26.4 Å². The molecular formula is C15H14F2N2O3. The Labute approximate surface area is 125 Å². The van der Waals surface area contributed by atoms with Gasteiger partial charge in [0.05, 0.1) is 19.9 Å². The highest BCUT2D eigenvalue weighted by molar-refractivity contribution is 6.01. The van der Waals surface area contributed by atoms with Crippen molar-refractivity contribution in [2.75, 3.05) is 24.9 Å². The highest BCUT2D eigenvalue weighted by Gasteiger charge is 2.14. The predicted octanol–water partition coefficient (Wildman–Crippen LogP) is 3.63. The van der Waals surface area contributed by atoms with Crippen molar-refractivity contribution in [1.29, 1.82) is 0 Å². The lowest BCUT2D eigenvalue weighted by molar-refractivity contribution is 0.261. The molecular weight excluding hydrogens is 294 g/mol. The molecule has 5 nitrogen and oxygen atoms in total. The van der Waals surface area contributed by atoms with E-state index in [4.69, 9.17) is 9.47 Å². The number of halogens is 2. The Balaban J connectivity index is 2.19. The van der Waals surface area contributed by atoms with Gasteiger partial charge in [0.1, 0.15) is 28.8 Å². The molecule has 2 rings (SSSR count). The molecule has 0 spiro atoms. The highest BCUT2D eigenvalue weighted by Crippen LogP contribution is 2.29. The number of benzene rings is 2. The molecule has 0 aliphatic heterocycles. The van der Waals surface area contributed by atoms with Crippen LogP contribution in [0, 0.1) is 11.6 Å². The summed E-state index contributed by atoms with van der Waals surface area (Å²) in [6.07, 6.45) is 0. The first-order valence-electron chi connectivity index (χ1n) is 6.29. The second-order valence-electron chi connectivity index (χ2n) is 4.24. The van der Waals surface area contributed by atoms with Crippen molar-refractivity contribution in [2.24, 2.45) is 0 Å². The van der Waals surface area contributed by atoms with Gasteiger partial charge in [0.2, 0.25) is 0 Å². The van der Waals surface area contributed by atoms with Crippen LogP contribution in [0.4, 0.5) is 25.0 Å². The van der Waals surface area contributed by atoms with Crippen LogP contribution in [0.15, 0.2) is 36.4 Å². The minimum atomic E-state index is -0.868. The van der Waals surface area contributed by atoms with Gasteiger partial charge in [-0.3, -0.25) is 0 Å². The van der Waals surface area contributed by atoms with Gasteiger partial charge in [-0.15, -0.1) is 0 Å². The first-order chi connectivity index (χ1) is 10.5. The minimum absolute atomic E-state index is 0.302. The molecule has 0 saturated heterocycles. The molecule has 0 fully saturated rings. The molecule has 7 heteroatoms. The smallest absolute Gasteiger partial charge is 0.323 e. The fourth-order valence-electron chi connectivity index (χ4n) is 1.80. The van der Waals surface area contributed by atoms with Crippen molar-refractivity contribution < 1.29 is 23.0 Å². The second kappa shape index (κ2) is 6.75. The number of ether oxygens (including phenoxy) is 2. The maximum atomic E-state index is 13.5. The van der Waals surface area contributed by atoms with Gasteiger partial charge >= 0.3 is 6.03 Å². The molecule has 22 heavy (non-hydrogen) atoms. The summed E-state index contributed by atoms with van der Waals surface area (Å²) in [7, 11) is 2.90. The summed E-state index contributed by atoms with van der Waals surface area (Å²) in [5.74, 6) is -0.862. The number of nitrogens with one attached hydrogen (secondary N) is 2.